The lowest BCUT2D eigenvalue weighted by atomic mass is 10.2. The summed E-state index contributed by atoms with van der Waals surface area (Å²) in [4.78, 5) is 0. The summed E-state index contributed by atoms with van der Waals surface area (Å²) in [5.41, 5.74) is 2.32. The van der Waals surface area contributed by atoms with Crippen molar-refractivity contribution in [2.75, 3.05) is 0 Å². The van der Waals surface area contributed by atoms with Gasteiger partial charge >= 0.3 is 0 Å². The first-order valence-corrected chi connectivity index (χ1v) is 10.4. The molecule has 136 valence electrons. The number of aromatic nitrogens is 3. The highest BCUT2D eigenvalue weighted by Gasteiger charge is 2.17. The average Bonchev–Trinajstić information content (AvgIpc) is 3.27. The lowest BCUT2D eigenvalue weighted by molar-refractivity contribution is 0.545. The van der Waals surface area contributed by atoms with Crippen LogP contribution in [0.25, 0.3) is 11.6 Å². The van der Waals surface area contributed by atoms with Crippen LogP contribution in [-0.4, -0.2) is 14.8 Å². The Morgan fingerprint density at radius 1 is 0.963 bits per heavy atom. The summed E-state index contributed by atoms with van der Waals surface area (Å²) < 4.78 is 8.45. The lowest BCUT2D eigenvalue weighted by Crippen LogP contribution is -2.03. The van der Waals surface area contributed by atoms with Gasteiger partial charge in [-0.1, -0.05) is 65.8 Å². The van der Waals surface area contributed by atoms with E-state index in [1.54, 1.807) is 11.8 Å². The summed E-state index contributed by atoms with van der Waals surface area (Å²) in [5.74, 6) is 2.15. The zero-order chi connectivity index (χ0) is 18.6. The Kier molecular flexibility index (Phi) is 5.66. The van der Waals surface area contributed by atoms with Crippen LogP contribution in [0.1, 0.15) is 11.1 Å². The molecule has 0 saturated heterocycles. The van der Waals surface area contributed by atoms with Gasteiger partial charge in [0.05, 0.1) is 6.54 Å². The predicted octanol–water partition coefficient (Wildman–Crippen LogP) is 6.29. The standard InChI is InChI=1S/C20H15BrClN3OS/c21-18-10-9-17(26-18)19-23-24-20(25(19)12-14-5-2-1-3-6-14)27-13-15-7-4-8-16(22)11-15/h1-11H,12-13H2. The smallest absolute Gasteiger partial charge is 0.200 e. The highest BCUT2D eigenvalue weighted by atomic mass is 79.9. The second-order valence-electron chi connectivity index (χ2n) is 5.90. The zero-order valence-electron chi connectivity index (χ0n) is 14.2. The number of furan rings is 1. The minimum absolute atomic E-state index is 0.666. The summed E-state index contributed by atoms with van der Waals surface area (Å²) in [6, 6.07) is 21.9. The number of thioether (sulfide) groups is 1. The first-order valence-electron chi connectivity index (χ1n) is 8.29. The summed E-state index contributed by atoms with van der Waals surface area (Å²) in [5, 5.41) is 10.4. The van der Waals surface area contributed by atoms with Gasteiger partial charge in [0.1, 0.15) is 0 Å². The predicted molar refractivity (Wildman–Crippen MR) is 112 cm³/mol. The molecule has 0 aliphatic rings. The number of nitrogens with zero attached hydrogens (tertiary/aromatic N) is 3. The van der Waals surface area contributed by atoms with Gasteiger partial charge in [0.25, 0.3) is 0 Å². The fraction of sp³-hybridized carbons (Fsp3) is 0.100. The molecule has 2 heterocycles. The number of halogens is 2. The van der Waals surface area contributed by atoms with E-state index in [0.29, 0.717) is 22.8 Å². The third-order valence-corrected chi connectivity index (χ3v) is 5.65. The molecule has 27 heavy (non-hydrogen) atoms. The molecule has 0 spiro atoms. The second-order valence-corrected chi connectivity index (χ2v) is 8.06. The molecule has 0 saturated carbocycles. The Bertz CT molecular complexity index is 1050. The van der Waals surface area contributed by atoms with Crippen LogP contribution in [0.3, 0.4) is 0 Å². The van der Waals surface area contributed by atoms with Crippen molar-refractivity contribution in [3.8, 4) is 11.6 Å². The maximum absolute atomic E-state index is 6.09. The van der Waals surface area contributed by atoms with E-state index in [1.165, 1.54) is 5.56 Å². The lowest BCUT2D eigenvalue weighted by Gasteiger charge is -2.09. The van der Waals surface area contributed by atoms with Crippen molar-refractivity contribution in [3.63, 3.8) is 0 Å². The molecule has 7 heteroatoms. The van der Waals surface area contributed by atoms with E-state index < -0.39 is 0 Å². The maximum Gasteiger partial charge on any atom is 0.200 e. The van der Waals surface area contributed by atoms with Crippen molar-refractivity contribution in [2.24, 2.45) is 0 Å². The molecule has 0 aliphatic carbocycles. The molecule has 2 aromatic heterocycles. The van der Waals surface area contributed by atoms with Crippen LogP contribution in [0.2, 0.25) is 5.02 Å². The highest BCUT2D eigenvalue weighted by molar-refractivity contribution is 9.10. The van der Waals surface area contributed by atoms with Crippen molar-refractivity contribution in [1.82, 2.24) is 14.8 Å². The van der Waals surface area contributed by atoms with Gasteiger partial charge in [-0.2, -0.15) is 0 Å². The molecular formula is C20H15BrClN3OS. The van der Waals surface area contributed by atoms with Crippen LogP contribution < -0.4 is 0 Å². The number of benzene rings is 2. The van der Waals surface area contributed by atoms with E-state index >= 15 is 0 Å². The fourth-order valence-corrected chi connectivity index (χ4v) is 4.10. The molecule has 4 aromatic rings. The van der Waals surface area contributed by atoms with Gasteiger partial charge in [0.2, 0.25) is 5.82 Å². The summed E-state index contributed by atoms with van der Waals surface area (Å²) in [6.07, 6.45) is 0. The molecule has 2 aromatic carbocycles. The minimum Gasteiger partial charge on any atom is -0.446 e. The molecular weight excluding hydrogens is 446 g/mol. The normalized spacial score (nSPS) is 11.0. The zero-order valence-corrected chi connectivity index (χ0v) is 17.3. The van der Waals surface area contributed by atoms with Gasteiger partial charge in [0.15, 0.2) is 15.6 Å². The molecule has 0 atom stereocenters. The van der Waals surface area contributed by atoms with Crippen LogP contribution in [-0.2, 0) is 12.3 Å². The van der Waals surface area contributed by atoms with Crippen LogP contribution in [0.5, 0.6) is 0 Å². The molecule has 0 bridgehead atoms. The summed E-state index contributed by atoms with van der Waals surface area (Å²) in [7, 11) is 0. The third kappa shape index (κ3) is 4.46. The molecule has 0 amide bonds. The van der Waals surface area contributed by atoms with E-state index in [9.17, 15) is 0 Å². The topological polar surface area (TPSA) is 43.9 Å². The third-order valence-electron chi connectivity index (χ3n) is 3.95. The van der Waals surface area contributed by atoms with Crippen molar-refractivity contribution >= 4 is 39.3 Å². The molecule has 0 radical (unpaired) electrons. The Hall–Kier alpha value is -2.02. The first kappa shape index (κ1) is 18.3. The van der Waals surface area contributed by atoms with Crippen molar-refractivity contribution in [3.05, 3.63) is 87.5 Å². The van der Waals surface area contributed by atoms with Crippen LogP contribution in [0, 0.1) is 0 Å². The number of hydrogen-bond acceptors (Lipinski definition) is 4. The van der Waals surface area contributed by atoms with E-state index in [0.717, 1.165) is 21.5 Å². The van der Waals surface area contributed by atoms with Gasteiger partial charge < -0.3 is 4.42 Å². The SMILES string of the molecule is Clc1cccc(CSc2nnc(-c3ccc(Br)o3)n2Cc2ccccc2)c1. The van der Waals surface area contributed by atoms with E-state index in [-0.39, 0.29) is 0 Å². The maximum atomic E-state index is 6.09. The van der Waals surface area contributed by atoms with Gasteiger partial charge in [-0.15, -0.1) is 10.2 Å². The van der Waals surface area contributed by atoms with E-state index in [4.69, 9.17) is 16.0 Å². The van der Waals surface area contributed by atoms with E-state index in [1.807, 2.05) is 48.5 Å². The fourth-order valence-electron chi connectivity index (χ4n) is 2.70. The Labute approximate surface area is 174 Å². The average molecular weight is 461 g/mol. The molecule has 4 nitrogen and oxygen atoms in total. The number of hydrogen-bond donors (Lipinski definition) is 0. The second kappa shape index (κ2) is 8.33. The van der Waals surface area contributed by atoms with Crippen molar-refractivity contribution in [1.29, 1.82) is 0 Å². The number of rotatable bonds is 6. The highest BCUT2D eigenvalue weighted by Crippen LogP contribution is 2.30. The molecule has 0 fully saturated rings. The molecule has 4 rings (SSSR count). The van der Waals surface area contributed by atoms with Crippen LogP contribution in [0.4, 0.5) is 0 Å². The molecule has 0 unspecified atom stereocenters. The Morgan fingerprint density at radius 2 is 1.78 bits per heavy atom. The Morgan fingerprint density at radius 3 is 2.52 bits per heavy atom. The van der Waals surface area contributed by atoms with Crippen molar-refractivity contribution < 1.29 is 4.42 Å². The van der Waals surface area contributed by atoms with Crippen LogP contribution in [0.15, 0.2) is 81.0 Å². The monoisotopic (exact) mass is 459 g/mol. The van der Waals surface area contributed by atoms with E-state index in [2.05, 4.69) is 48.9 Å². The van der Waals surface area contributed by atoms with Crippen LogP contribution >= 0.6 is 39.3 Å². The molecule has 0 N–H and O–H groups in total. The van der Waals surface area contributed by atoms with Gasteiger partial charge in [-0.05, 0) is 51.3 Å². The van der Waals surface area contributed by atoms with Crippen molar-refractivity contribution in [2.45, 2.75) is 17.5 Å². The Balaban J connectivity index is 1.65. The quantitative estimate of drug-likeness (QED) is 0.317. The largest absolute Gasteiger partial charge is 0.446 e. The van der Waals surface area contributed by atoms with Gasteiger partial charge in [-0.25, -0.2) is 0 Å². The minimum atomic E-state index is 0.666. The summed E-state index contributed by atoms with van der Waals surface area (Å²) >= 11 is 11.1. The van der Waals surface area contributed by atoms with Gasteiger partial charge in [-0.3, -0.25) is 4.57 Å². The molecule has 0 aliphatic heterocycles. The summed E-state index contributed by atoms with van der Waals surface area (Å²) in [6.45, 7) is 0.666. The first-order chi connectivity index (χ1) is 13.2. The van der Waals surface area contributed by atoms with Gasteiger partial charge in [0, 0.05) is 10.8 Å².